The maximum absolute atomic E-state index is 11.9. The Morgan fingerprint density at radius 2 is 1.91 bits per heavy atom. The van der Waals surface area contributed by atoms with Gasteiger partial charge in [-0.25, -0.2) is 4.98 Å². The van der Waals surface area contributed by atoms with Gasteiger partial charge in [0.1, 0.15) is 11.6 Å². The minimum absolute atomic E-state index is 0.136. The van der Waals surface area contributed by atoms with Gasteiger partial charge in [0.15, 0.2) is 0 Å². The number of amides is 1. The molecule has 2 aromatic heterocycles. The van der Waals surface area contributed by atoms with Gasteiger partial charge in [-0.15, -0.1) is 11.3 Å². The number of ketones is 1. The van der Waals surface area contributed by atoms with Crippen LogP contribution in [0.5, 0.6) is 0 Å². The second kappa shape index (κ2) is 9.75. The summed E-state index contributed by atoms with van der Waals surface area (Å²) >= 11 is 7.81. The Morgan fingerprint density at radius 3 is 2.53 bits per heavy atom. The second-order valence-electron chi connectivity index (χ2n) is 10.4. The number of piperidine rings is 1. The summed E-state index contributed by atoms with van der Waals surface area (Å²) in [5.41, 5.74) is 2.44. The van der Waals surface area contributed by atoms with Gasteiger partial charge in [-0.2, -0.15) is 0 Å². The van der Waals surface area contributed by atoms with Crippen LogP contribution in [0.25, 0.3) is 0 Å². The lowest BCUT2D eigenvalue weighted by molar-refractivity contribution is -0.129. The van der Waals surface area contributed by atoms with Gasteiger partial charge in [0.2, 0.25) is 5.91 Å². The first kappa shape index (κ1) is 24.0. The summed E-state index contributed by atoms with van der Waals surface area (Å²) in [6.07, 6.45) is 7.36. The maximum Gasteiger partial charge on any atom is 0.219 e. The number of carbonyl (C=O) groups is 2. The molecular formula is C26H35ClN4O2S. The van der Waals surface area contributed by atoms with E-state index in [9.17, 15) is 9.59 Å². The van der Waals surface area contributed by atoms with Gasteiger partial charge < -0.3 is 14.3 Å². The van der Waals surface area contributed by atoms with E-state index in [1.54, 1.807) is 25.2 Å². The topological polar surface area (TPSA) is 58.4 Å². The summed E-state index contributed by atoms with van der Waals surface area (Å²) in [6.45, 7) is 7.96. The molecule has 2 bridgehead atoms. The van der Waals surface area contributed by atoms with E-state index >= 15 is 0 Å². The number of aryl methyl sites for hydroxylation is 1. The minimum Gasteiger partial charge on any atom is -0.337 e. The molecule has 2 aromatic rings. The van der Waals surface area contributed by atoms with Crippen LogP contribution in [0.15, 0.2) is 12.1 Å². The van der Waals surface area contributed by atoms with Crippen LogP contribution in [0.3, 0.4) is 0 Å². The van der Waals surface area contributed by atoms with Gasteiger partial charge in [-0.05, 0) is 64.6 Å². The molecule has 184 valence electrons. The molecule has 1 amide bonds. The molecule has 5 heterocycles. The number of fused-ring (bicyclic) bond motifs is 3. The highest BCUT2D eigenvalue weighted by Crippen LogP contribution is 2.43. The molecule has 2 saturated heterocycles. The van der Waals surface area contributed by atoms with Crippen molar-refractivity contribution in [1.29, 1.82) is 0 Å². The molecule has 2 unspecified atom stereocenters. The highest BCUT2D eigenvalue weighted by Gasteiger charge is 2.42. The molecule has 2 fully saturated rings. The molecule has 3 aliphatic rings. The monoisotopic (exact) mass is 502 g/mol. The molecule has 5 rings (SSSR count). The highest BCUT2D eigenvalue weighted by atomic mass is 35.5. The summed E-state index contributed by atoms with van der Waals surface area (Å²) in [5, 5.41) is 0. The zero-order valence-corrected chi connectivity index (χ0v) is 22.0. The molecule has 6 nitrogen and oxygen atoms in total. The van der Waals surface area contributed by atoms with Crippen molar-refractivity contribution >= 4 is 34.6 Å². The summed E-state index contributed by atoms with van der Waals surface area (Å²) in [4.78, 5) is 34.6. The van der Waals surface area contributed by atoms with Gasteiger partial charge >= 0.3 is 0 Å². The number of thiophene rings is 1. The number of imidazole rings is 1. The molecule has 0 saturated carbocycles. The number of nitrogens with zero attached hydrogens (tertiary/aromatic N) is 4. The standard InChI is InChI=1S/C26H35ClN4O2S/c1-16(32)12-19(25-6-7-26(27)34-25)8-11-30-20-4-5-21(30)14-22(13-20)31-17(2)28-23-15-29(18(3)33)10-9-24(23)31/h6-7,19-22H,4-5,8-15H2,1-3H3/t19-,20?,21?,22?/m1/s1. The van der Waals surface area contributed by atoms with E-state index in [0.29, 0.717) is 31.1 Å². The lowest BCUT2D eigenvalue weighted by Crippen LogP contribution is -2.44. The van der Waals surface area contributed by atoms with Gasteiger partial charge in [-0.3, -0.25) is 9.69 Å². The quantitative estimate of drug-likeness (QED) is 0.526. The lowest BCUT2D eigenvalue weighted by Gasteiger charge is -2.41. The van der Waals surface area contributed by atoms with E-state index < -0.39 is 0 Å². The van der Waals surface area contributed by atoms with Gasteiger partial charge in [0.25, 0.3) is 0 Å². The third kappa shape index (κ3) is 4.71. The average Bonchev–Trinajstić information content (AvgIpc) is 3.42. The SMILES string of the molecule is CC(=O)C[C@@H](CCN1C2CCC1CC(n1c(C)nc3c1CCN(C(C)=O)C3)C2)c1ccc(Cl)s1. The van der Waals surface area contributed by atoms with Crippen molar-refractivity contribution in [3.05, 3.63) is 38.6 Å². The number of hydrogen-bond acceptors (Lipinski definition) is 5. The van der Waals surface area contributed by atoms with E-state index in [4.69, 9.17) is 16.6 Å². The van der Waals surface area contributed by atoms with E-state index in [1.165, 1.54) is 36.3 Å². The molecule has 0 aromatic carbocycles. The van der Waals surface area contributed by atoms with E-state index in [2.05, 4.69) is 22.5 Å². The Kier molecular flexibility index (Phi) is 6.88. The van der Waals surface area contributed by atoms with Gasteiger partial charge in [0, 0.05) is 60.9 Å². The van der Waals surface area contributed by atoms with Crippen molar-refractivity contribution in [1.82, 2.24) is 19.4 Å². The lowest BCUT2D eigenvalue weighted by atomic mass is 9.93. The number of carbonyl (C=O) groups excluding carboxylic acids is 2. The number of hydrogen-bond donors (Lipinski definition) is 0. The van der Waals surface area contributed by atoms with Crippen LogP contribution in [-0.4, -0.2) is 56.2 Å². The average molecular weight is 503 g/mol. The second-order valence-corrected chi connectivity index (χ2v) is 12.1. The zero-order chi connectivity index (χ0) is 24.0. The van der Waals surface area contributed by atoms with Crippen molar-refractivity contribution in [2.75, 3.05) is 13.1 Å². The molecule has 3 aliphatic heterocycles. The van der Waals surface area contributed by atoms with Crippen molar-refractivity contribution in [2.45, 2.75) is 96.3 Å². The summed E-state index contributed by atoms with van der Waals surface area (Å²) in [6, 6.07) is 5.75. The first-order valence-electron chi connectivity index (χ1n) is 12.6. The fourth-order valence-corrected chi connectivity index (χ4v) is 7.85. The molecule has 8 heteroatoms. The van der Waals surface area contributed by atoms with Crippen LogP contribution < -0.4 is 0 Å². The largest absolute Gasteiger partial charge is 0.337 e. The van der Waals surface area contributed by atoms with Crippen LogP contribution in [0.4, 0.5) is 0 Å². The number of aromatic nitrogens is 2. The predicted molar refractivity (Wildman–Crippen MR) is 136 cm³/mol. The molecule has 0 spiro atoms. The van der Waals surface area contributed by atoms with Crippen molar-refractivity contribution in [3.63, 3.8) is 0 Å². The van der Waals surface area contributed by atoms with Crippen molar-refractivity contribution in [2.24, 2.45) is 0 Å². The summed E-state index contributed by atoms with van der Waals surface area (Å²) in [5.74, 6) is 1.75. The van der Waals surface area contributed by atoms with Crippen LogP contribution in [0, 0.1) is 6.92 Å². The first-order chi connectivity index (χ1) is 16.3. The van der Waals surface area contributed by atoms with Crippen molar-refractivity contribution in [3.8, 4) is 0 Å². The Balaban J connectivity index is 1.27. The fourth-order valence-electron chi connectivity index (χ4n) is 6.66. The number of Topliss-reactive ketones (excluding diaryl/α,β-unsaturated/α-hetero) is 1. The van der Waals surface area contributed by atoms with Crippen LogP contribution in [0.1, 0.15) is 86.4 Å². The molecule has 0 radical (unpaired) electrons. The predicted octanol–water partition coefficient (Wildman–Crippen LogP) is 5.13. The molecular weight excluding hydrogens is 468 g/mol. The third-order valence-electron chi connectivity index (χ3n) is 8.16. The van der Waals surface area contributed by atoms with Crippen molar-refractivity contribution < 1.29 is 9.59 Å². The van der Waals surface area contributed by atoms with Gasteiger partial charge in [-0.1, -0.05) is 11.6 Å². The molecule has 34 heavy (non-hydrogen) atoms. The minimum atomic E-state index is 0.136. The molecule has 3 atom stereocenters. The van der Waals surface area contributed by atoms with Gasteiger partial charge in [0.05, 0.1) is 16.6 Å². The van der Waals surface area contributed by atoms with Crippen LogP contribution in [-0.2, 0) is 22.6 Å². The fraction of sp³-hybridized carbons (Fsp3) is 0.654. The summed E-state index contributed by atoms with van der Waals surface area (Å²) < 4.78 is 3.32. The Labute approximate surface area is 211 Å². The van der Waals surface area contributed by atoms with E-state index in [1.807, 2.05) is 11.0 Å². The molecule has 0 N–H and O–H groups in total. The summed E-state index contributed by atoms with van der Waals surface area (Å²) in [7, 11) is 0. The Bertz CT molecular complexity index is 1070. The zero-order valence-electron chi connectivity index (χ0n) is 20.4. The normalized spacial score (nSPS) is 25.4. The molecule has 0 aliphatic carbocycles. The Hall–Kier alpha value is -1.70. The third-order valence-corrected chi connectivity index (χ3v) is 9.56. The smallest absolute Gasteiger partial charge is 0.219 e. The number of halogens is 1. The van der Waals surface area contributed by atoms with Crippen LogP contribution in [0.2, 0.25) is 4.34 Å². The van der Waals surface area contributed by atoms with Crippen LogP contribution >= 0.6 is 22.9 Å². The highest BCUT2D eigenvalue weighted by molar-refractivity contribution is 7.16. The number of rotatable bonds is 7. The van der Waals surface area contributed by atoms with E-state index in [0.717, 1.165) is 41.8 Å². The Morgan fingerprint density at radius 1 is 1.18 bits per heavy atom. The maximum atomic E-state index is 11.9. The van der Waals surface area contributed by atoms with E-state index in [-0.39, 0.29) is 17.6 Å². The first-order valence-corrected chi connectivity index (χ1v) is 13.8.